The van der Waals surface area contributed by atoms with Crippen molar-refractivity contribution < 1.29 is 4.79 Å². The topological polar surface area (TPSA) is 141 Å². The minimum Gasteiger partial charge on any atom is -0.365 e. The predicted molar refractivity (Wildman–Crippen MR) is 119 cm³/mol. The highest BCUT2D eigenvalue weighted by Crippen LogP contribution is 2.28. The fraction of sp³-hybridized carbons (Fsp3) is 0.0870. The van der Waals surface area contributed by atoms with Crippen LogP contribution in [0.5, 0.6) is 0 Å². The third kappa shape index (κ3) is 5.03. The highest BCUT2D eigenvalue weighted by atomic mass is 16.1. The highest BCUT2D eigenvalue weighted by Gasteiger charge is 2.15. The Morgan fingerprint density at radius 1 is 1.10 bits per heavy atom. The molecule has 8 nitrogen and oxygen atoms in total. The van der Waals surface area contributed by atoms with E-state index < -0.39 is 5.91 Å². The van der Waals surface area contributed by atoms with Crippen LogP contribution in [0.4, 0.5) is 23.1 Å². The number of aryl methyl sites for hydroxylation is 2. The van der Waals surface area contributed by atoms with Gasteiger partial charge in [0.2, 0.25) is 5.95 Å². The van der Waals surface area contributed by atoms with E-state index in [1.54, 1.807) is 30.3 Å². The normalized spacial score (nSPS) is 10.3. The van der Waals surface area contributed by atoms with Crippen LogP contribution in [0.3, 0.4) is 0 Å². The zero-order valence-corrected chi connectivity index (χ0v) is 17.0. The summed E-state index contributed by atoms with van der Waals surface area (Å²) in [6, 6.07) is 14.7. The molecule has 0 saturated carbocycles. The van der Waals surface area contributed by atoms with E-state index in [1.165, 1.54) is 12.3 Å². The van der Waals surface area contributed by atoms with Gasteiger partial charge in [0.25, 0.3) is 5.91 Å². The number of primary amides is 1. The molecule has 3 rings (SSSR count). The minimum atomic E-state index is -0.656. The molecule has 0 aliphatic rings. The number of carbonyl (C=O) groups excluding carboxylic acids is 1. The van der Waals surface area contributed by atoms with Gasteiger partial charge in [-0.3, -0.25) is 4.79 Å². The average molecular weight is 409 g/mol. The molecule has 4 N–H and O–H groups in total. The Bertz CT molecular complexity index is 1230. The zero-order chi connectivity index (χ0) is 22.4. The molecule has 3 aromatic rings. The maximum atomic E-state index is 11.9. The van der Waals surface area contributed by atoms with Crippen LogP contribution in [-0.4, -0.2) is 15.9 Å². The van der Waals surface area contributed by atoms with Crippen molar-refractivity contribution in [3.8, 4) is 12.1 Å². The standard InChI is InChI=1S/C23H19N7O/c1-14-10-17(4-3-9-24)11-15(2)20(14)29-22-19(21(26)31)13-27-23(30-22)28-18-7-5-16(12-25)6-8-18/h3-8,10-11,13H,1-2H3,(H2,26,31)(H2,27,28,29,30)/b4-3+. The largest absolute Gasteiger partial charge is 0.365 e. The lowest BCUT2D eigenvalue weighted by atomic mass is 10.0. The van der Waals surface area contributed by atoms with Crippen LogP contribution < -0.4 is 16.4 Å². The smallest absolute Gasteiger partial charge is 0.254 e. The number of aromatic nitrogens is 2. The summed E-state index contributed by atoms with van der Waals surface area (Å²) < 4.78 is 0. The lowest BCUT2D eigenvalue weighted by Crippen LogP contribution is -2.16. The van der Waals surface area contributed by atoms with Crippen LogP contribution >= 0.6 is 0 Å². The fourth-order valence-electron chi connectivity index (χ4n) is 3.02. The van der Waals surface area contributed by atoms with Gasteiger partial charge in [0, 0.05) is 23.6 Å². The number of nitriles is 2. The lowest BCUT2D eigenvalue weighted by molar-refractivity contribution is 0.100. The second kappa shape index (κ2) is 9.21. The summed E-state index contributed by atoms with van der Waals surface area (Å²) in [5, 5.41) is 23.9. The number of benzene rings is 2. The fourth-order valence-corrected chi connectivity index (χ4v) is 3.02. The molecule has 1 aromatic heterocycles. The Balaban J connectivity index is 1.95. The average Bonchev–Trinajstić information content (AvgIpc) is 2.75. The molecule has 0 aliphatic heterocycles. The Labute approximate surface area is 179 Å². The molecule has 0 fully saturated rings. The van der Waals surface area contributed by atoms with E-state index in [0.29, 0.717) is 11.3 Å². The molecule has 0 spiro atoms. The molecule has 31 heavy (non-hydrogen) atoms. The van der Waals surface area contributed by atoms with Crippen LogP contribution in [0.1, 0.15) is 32.6 Å². The zero-order valence-electron chi connectivity index (χ0n) is 17.0. The van der Waals surface area contributed by atoms with E-state index in [4.69, 9.17) is 16.3 Å². The van der Waals surface area contributed by atoms with Crippen LogP contribution in [0.2, 0.25) is 0 Å². The summed E-state index contributed by atoms with van der Waals surface area (Å²) in [6.45, 7) is 3.83. The number of amides is 1. The summed E-state index contributed by atoms with van der Waals surface area (Å²) in [5.41, 5.74) is 10.4. The Kier molecular flexibility index (Phi) is 6.24. The number of allylic oxidation sites excluding steroid dienone is 1. The summed E-state index contributed by atoms with van der Waals surface area (Å²) in [6.07, 6.45) is 4.50. The van der Waals surface area contributed by atoms with E-state index in [2.05, 4.69) is 26.7 Å². The number of nitrogens with two attached hydrogens (primary N) is 1. The first kappa shape index (κ1) is 21.0. The first-order valence-corrected chi connectivity index (χ1v) is 9.29. The van der Waals surface area contributed by atoms with Crippen molar-refractivity contribution in [3.63, 3.8) is 0 Å². The number of carbonyl (C=O) groups is 1. The molecular weight excluding hydrogens is 390 g/mol. The second-order valence-corrected chi connectivity index (χ2v) is 6.75. The molecule has 0 atom stereocenters. The Morgan fingerprint density at radius 2 is 1.77 bits per heavy atom. The van der Waals surface area contributed by atoms with Gasteiger partial charge >= 0.3 is 0 Å². The molecule has 2 aromatic carbocycles. The molecule has 8 heteroatoms. The molecule has 0 bridgehead atoms. The van der Waals surface area contributed by atoms with E-state index in [-0.39, 0.29) is 17.3 Å². The summed E-state index contributed by atoms with van der Waals surface area (Å²) >= 11 is 0. The summed E-state index contributed by atoms with van der Waals surface area (Å²) in [4.78, 5) is 20.5. The van der Waals surface area contributed by atoms with Gasteiger partial charge in [-0.05, 0) is 73.0 Å². The van der Waals surface area contributed by atoms with Crippen LogP contribution in [0.25, 0.3) is 6.08 Å². The van der Waals surface area contributed by atoms with E-state index in [9.17, 15) is 4.79 Å². The number of hydrogen-bond donors (Lipinski definition) is 3. The van der Waals surface area contributed by atoms with Gasteiger partial charge in [0.1, 0.15) is 11.4 Å². The Morgan fingerprint density at radius 3 is 2.35 bits per heavy atom. The van der Waals surface area contributed by atoms with Crippen LogP contribution in [0, 0.1) is 36.5 Å². The first-order valence-electron chi connectivity index (χ1n) is 9.29. The third-order valence-corrected chi connectivity index (χ3v) is 4.47. The summed E-state index contributed by atoms with van der Waals surface area (Å²) in [7, 11) is 0. The highest BCUT2D eigenvalue weighted by molar-refractivity contribution is 5.98. The number of nitrogens with one attached hydrogen (secondary N) is 2. The molecule has 1 amide bonds. The van der Waals surface area contributed by atoms with Gasteiger partial charge in [-0.2, -0.15) is 15.5 Å². The molecule has 1 heterocycles. The second-order valence-electron chi connectivity index (χ2n) is 6.75. The van der Waals surface area contributed by atoms with Crippen molar-refractivity contribution in [2.45, 2.75) is 13.8 Å². The van der Waals surface area contributed by atoms with E-state index in [1.807, 2.05) is 32.0 Å². The lowest BCUT2D eigenvalue weighted by Gasteiger charge is -2.16. The number of anilines is 4. The first-order chi connectivity index (χ1) is 14.9. The number of rotatable bonds is 6. The maximum Gasteiger partial charge on any atom is 0.254 e. The van der Waals surface area contributed by atoms with Crippen LogP contribution in [0.15, 0.2) is 48.7 Å². The van der Waals surface area contributed by atoms with Gasteiger partial charge < -0.3 is 16.4 Å². The maximum absolute atomic E-state index is 11.9. The van der Waals surface area contributed by atoms with E-state index >= 15 is 0 Å². The SMILES string of the molecule is Cc1cc(/C=C/C#N)cc(C)c1Nc1nc(Nc2ccc(C#N)cc2)ncc1C(N)=O. The van der Waals surface area contributed by atoms with Crippen molar-refractivity contribution in [1.29, 1.82) is 10.5 Å². The minimum absolute atomic E-state index is 0.151. The number of nitrogens with zero attached hydrogens (tertiary/aromatic N) is 4. The van der Waals surface area contributed by atoms with Crippen LogP contribution in [-0.2, 0) is 0 Å². The van der Waals surface area contributed by atoms with Gasteiger partial charge in [0.05, 0.1) is 17.7 Å². The summed E-state index contributed by atoms with van der Waals surface area (Å²) in [5.74, 6) is -0.123. The molecule has 0 radical (unpaired) electrons. The molecule has 0 aliphatic carbocycles. The van der Waals surface area contributed by atoms with Gasteiger partial charge in [-0.1, -0.05) is 0 Å². The Hall–Kier alpha value is -4.69. The predicted octanol–water partition coefficient (Wildman–Crippen LogP) is 4.09. The quantitative estimate of drug-likeness (QED) is 0.521. The van der Waals surface area contributed by atoms with Crippen molar-refractivity contribution >= 4 is 35.1 Å². The molecule has 0 unspecified atom stereocenters. The molecular formula is C23H19N7O. The van der Waals surface area contributed by atoms with Gasteiger partial charge in [-0.15, -0.1) is 0 Å². The monoisotopic (exact) mass is 409 g/mol. The number of hydrogen-bond acceptors (Lipinski definition) is 7. The molecule has 152 valence electrons. The van der Waals surface area contributed by atoms with Crippen molar-refractivity contribution in [1.82, 2.24) is 9.97 Å². The van der Waals surface area contributed by atoms with Gasteiger partial charge in [0.15, 0.2) is 0 Å². The molecule has 0 saturated heterocycles. The van der Waals surface area contributed by atoms with Crippen molar-refractivity contribution in [3.05, 3.63) is 76.5 Å². The van der Waals surface area contributed by atoms with Gasteiger partial charge in [-0.25, -0.2) is 4.98 Å². The van der Waals surface area contributed by atoms with E-state index in [0.717, 1.165) is 22.4 Å². The third-order valence-electron chi connectivity index (χ3n) is 4.47. The van der Waals surface area contributed by atoms with Crippen molar-refractivity contribution in [2.75, 3.05) is 10.6 Å². The van der Waals surface area contributed by atoms with Crippen molar-refractivity contribution in [2.24, 2.45) is 5.73 Å².